The van der Waals surface area contributed by atoms with Gasteiger partial charge in [0, 0.05) is 11.6 Å². The third kappa shape index (κ3) is 3.75. The van der Waals surface area contributed by atoms with Crippen molar-refractivity contribution in [1.29, 1.82) is 0 Å². The lowest BCUT2D eigenvalue weighted by atomic mass is 9.73. The zero-order valence-corrected chi connectivity index (χ0v) is 15.1. The average Bonchev–Trinajstić information content (AvgIpc) is 2.54. The second kappa shape index (κ2) is 7.29. The highest BCUT2D eigenvalue weighted by Gasteiger charge is 2.43. The summed E-state index contributed by atoms with van der Waals surface area (Å²) in [6, 6.07) is 4.19. The third-order valence-electron chi connectivity index (χ3n) is 4.50. The fraction of sp³-hybridized carbons (Fsp3) is 0.500. The molecule has 1 amide bonds. The van der Waals surface area contributed by atoms with E-state index in [2.05, 4.69) is 21.2 Å². The molecule has 1 aliphatic rings. The number of hydrogen-bond donors (Lipinski definition) is 1. The van der Waals surface area contributed by atoms with Crippen molar-refractivity contribution < 1.29 is 19.2 Å². The van der Waals surface area contributed by atoms with Gasteiger partial charge in [0.2, 0.25) is 0 Å². The number of benzene rings is 1. The van der Waals surface area contributed by atoms with Crippen LogP contribution in [0.3, 0.4) is 0 Å². The number of carbonyl (C=O) groups is 2. The molecule has 1 saturated carbocycles. The van der Waals surface area contributed by atoms with Gasteiger partial charge in [-0.2, -0.15) is 0 Å². The van der Waals surface area contributed by atoms with Gasteiger partial charge in [-0.25, -0.2) is 0 Å². The normalized spacial score (nSPS) is 23.4. The molecule has 1 aromatic carbocycles. The maximum atomic E-state index is 12.6. The van der Waals surface area contributed by atoms with E-state index in [1.807, 2.05) is 6.92 Å². The maximum Gasteiger partial charge on any atom is 0.311 e. The molecule has 2 rings (SSSR count). The molecule has 24 heavy (non-hydrogen) atoms. The quantitative estimate of drug-likeness (QED) is 0.476. The number of halogens is 1. The number of rotatable bonds is 4. The van der Waals surface area contributed by atoms with Crippen LogP contribution in [0, 0.1) is 16.0 Å². The van der Waals surface area contributed by atoms with Crippen molar-refractivity contribution in [3.63, 3.8) is 0 Å². The van der Waals surface area contributed by atoms with E-state index >= 15 is 0 Å². The molecule has 1 fully saturated rings. The van der Waals surface area contributed by atoms with Gasteiger partial charge in [0.15, 0.2) is 0 Å². The first-order chi connectivity index (χ1) is 11.3. The van der Waals surface area contributed by atoms with Gasteiger partial charge in [0.1, 0.15) is 0 Å². The summed E-state index contributed by atoms with van der Waals surface area (Å²) in [5, 5.41) is 13.9. The minimum absolute atomic E-state index is 0.180. The Bertz CT molecular complexity index is 678. The summed E-state index contributed by atoms with van der Waals surface area (Å²) in [4.78, 5) is 35.0. The Morgan fingerprint density at radius 3 is 2.75 bits per heavy atom. The molecule has 0 unspecified atom stereocenters. The summed E-state index contributed by atoms with van der Waals surface area (Å²) in [5.74, 6) is -1.21. The van der Waals surface area contributed by atoms with E-state index in [4.69, 9.17) is 4.74 Å². The number of methoxy groups -OCH3 is 1. The maximum absolute atomic E-state index is 12.6. The molecule has 0 heterocycles. The second-order valence-corrected chi connectivity index (χ2v) is 6.97. The molecule has 1 aromatic rings. The zero-order chi connectivity index (χ0) is 17.9. The molecule has 0 bridgehead atoms. The van der Waals surface area contributed by atoms with Crippen LogP contribution in [0.5, 0.6) is 0 Å². The van der Waals surface area contributed by atoms with E-state index in [0.29, 0.717) is 17.3 Å². The van der Waals surface area contributed by atoms with Gasteiger partial charge in [0.05, 0.1) is 28.0 Å². The van der Waals surface area contributed by atoms with Gasteiger partial charge >= 0.3 is 5.97 Å². The standard InChI is InChI=1S/C16H19BrN2O5/c1-16(8-4-3-5-11(16)15(21)24-2)18-14(20)10-6-7-12(17)13(9-10)19(22)23/h6-7,9,11H,3-5,8H2,1-2H3,(H,18,20)/t11-,16+/m1/s1. The summed E-state index contributed by atoms with van der Waals surface area (Å²) in [6.07, 6.45) is 3.08. The predicted octanol–water partition coefficient (Wildman–Crippen LogP) is 3.21. The Kier molecular flexibility index (Phi) is 5.58. The molecule has 0 spiro atoms. The molecule has 0 aliphatic heterocycles. The lowest BCUT2D eigenvalue weighted by molar-refractivity contribution is -0.385. The topological polar surface area (TPSA) is 98.5 Å². The number of hydrogen-bond acceptors (Lipinski definition) is 5. The van der Waals surface area contributed by atoms with Crippen LogP contribution in [0.2, 0.25) is 0 Å². The number of esters is 1. The smallest absolute Gasteiger partial charge is 0.311 e. The van der Waals surface area contributed by atoms with Crippen molar-refractivity contribution in [2.75, 3.05) is 7.11 Å². The molecule has 2 atom stereocenters. The Labute approximate surface area is 148 Å². The molecular formula is C16H19BrN2O5. The first-order valence-corrected chi connectivity index (χ1v) is 8.42. The molecular weight excluding hydrogens is 380 g/mol. The van der Waals surface area contributed by atoms with Gasteiger partial charge in [-0.3, -0.25) is 19.7 Å². The highest BCUT2D eigenvalue weighted by Crippen LogP contribution is 2.35. The van der Waals surface area contributed by atoms with Crippen molar-refractivity contribution in [3.05, 3.63) is 38.3 Å². The van der Waals surface area contributed by atoms with Crippen LogP contribution in [0.25, 0.3) is 0 Å². The third-order valence-corrected chi connectivity index (χ3v) is 5.17. The lowest BCUT2D eigenvalue weighted by Crippen LogP contribution is -2.55. The van der Waals surface area contributed by atoms with E-state index in [0.717, 1.165) is 12.8 Å². The highest BCUT2D eigenvalue weighted by molar-refractivity contribution is 9.10. The Balaban J connectivity index is 2.25. The SMILES string of the molecule is COC(=O)[C@H]1CCCC[C@]1(C)NC(=O)c1ccc(Br)c([N+](=O)[O-])c1. The lowest BCUT2D eigenvalue weighted by Gasteiger charge is -2.40. The van der Waals surface area contributed by atoms with Crippen LogP contribution in [0.1, 0.15) is 43.0 Å². The largest absolute Gasteiger partial charge is 0.469 e. The second-order valence-electron chi connectivity index (χ2n) is 6.12. The van der Waals surface area contributed by atoms with E-state index in [9.17, 15) is 19.7 Å². The van der Waals surface area contributed by atoms with E-state index in [1.54, 1.807) is 0 Å². The van der Waals surface area contributed by atoms with Crippen molar-refractivity contribution in [2.24, 2.45) is 5.92 Å². The number of nitrogens with one attached hydrogen (secondary N) is 1. The van der Waals surface area contributed by atoms with Crippen molar-refractivity contribution in [3.8, 4) is 0 Å². The molecule has 1 aliphatic carbocycles. The van der Waals surface area contributed by atoms with Gasteiger partial charge in [-0.1, -0.05) is 12.8 Å². The van der Waals surface area contributed by atoms with Crippen molar-refractivity contribution in [1.82, 2.24) is 5.32 Å². The van der Waals surface area contributed by atoms with Crippen molar-refractivity contribution in [2.45, 2.75) is 38.1 Å². The predicted molar refractivity (Wildman–Crippen MR) is 90.6 cm³/mol. The van der Waals surface area contributed by atoms with Crippen LogP contribution in [-0.4, -0.2) is 29.4 Å². The summed E-state index contributed by atoms with van der Waals surface area (Å²) in [5.41, 5.74) is -0.731. The highest BCUT2D eigenvalue weighted by atomic mass is 79.9. The fourth-order valence-corrected chi connectivity index (χ4v) is 3.52. The van der Waals surface area contributed by atoms with Gasteiger partial charge in [0.25, 0.3) is 11.6 Å². The summed E-state index contributed by atoms with van der Waals surface area (Å²) in [6.45, 7) is 1.82. The van der Waals surface area contributed by atoms with Crippen LogP contribution in [0.4, 0.5) is 5.69 Å². The van der Waals surface area contributed by atoms with E-state index in [1.165, 1.54) is 25.3 Å². The fourth-order valence-electron chi connectivity index (χ4n) is 3.13. The molecule has 0 radical (unpaired) electrons. The summed E-state index contributed by atoms with van der Waals surface area (Å²) < 4.78 is 5.16. The minimum atomic E-state index is -0.732. The van der Waals surface area contributed by atoms with Crippen LogP contribution >= 0.6 is 15.9 Å². The minimum Gasteiger partial charge on any atom is -0.469 e. The number of nitrogens with zero attached hydrogens (tertiary/aromatic N) is 1. The average molecular weight is 399 g/mol. The molecule has 8 heteroatoms. The monoisotopic (exact) mass is 398 g/mol. The number of amides is 1. The molecule has 7 nitrogen and oxygen atoms in total. The van der Waals surface area contributed by atoms with Crippen LogP contribution in [0.15, 0.2) is 22.7 Å². The van der Waals surface area contributed by atoms with Gasteiger partial charge in [-0.15, -0.1) is 0 Å². The Hall–Kier alpha value is -1.96. The Morgan fingerprint density at radius 1 is 1.42 bits per heavy atom. The molecule has 0 aromatic heterocycles. The molecule has 1 N–H and O–H groups in total. The van der Waals surface area contributed by atoms with E-state index < -0.39 is 22.3 Å². The first kappa shape index (κ1) is 18.4. The number of nitro groups is 1. The zero-order valence-electron chi connectivity index (χ0n) is 13.5. The summed E-state index contributed by atoms with van der Waals surface area (Å²) >= 11 is 3.09. The van der Waals surface area contributed by atoms with Crippen LogP contribution < -0.4 is 5.32 Å². The first-order valence-electron chi connectivity index (χ1n) is 7.63. The number of ether oxygens (including phenoxy) is 1. The van der Waals surface area contributed by atoms with Gasteiger partial charge in [-0.05, 0) is 47.8 Å². The number of carbonyl (C=O) groups excluding carboxylic acids is 2. The van der Waals surface area contributed by atoms with E-state index in [-0.39, 0.29) is 17.2 Å². The van der Waals surface area contributed by atoms with Gasteiger partial charge < -0.3 is 10.1 Å². The van der Waals surface area contributed by atoms with Crippen LogP contribution in [-0.2, 0) is 9.53 Å². The molecule has 130 valence electrons. The number of nitro benzene ring substituents is 1. The summed E-state index contributed by atoms with van der Waals surface area (Å²) in [7, 11) is 1.33. The Morgan fingerprint density at radius 2 is 2.12 bits per heavy atom. The molecule has 0 saturated heterocycles. The van der Waals surface area contributed by atoms with Crippen molar-refractivity contribution >= 4 is 33.5 Å².